The number of H-pyrrole nitrogens is 2. The molecular weight excluding hydrogens is 736 g/mol. The minimum absolute atomic E-state index is 0.137. The molecule has 0 bridgehead atoms. The van der Waals surface area contributed by atoms with Crippen molar-refractivity contribution in [3.8, 4) is 11.4 Å². The summed E-state index contributed by atoms with van der Waals surface area (Å²) >= 11 is 0. The van der Waals surface area contributed by atoms with Crippen molar-refractivity contribution in [2.45, 2.75) is 94.5 Å². The van der Waals surface area contributed by atoms with Gasteiger partial charge in [0.05, 0.1) is 5.54 Å². The summed E-state index contributed by atoms with van der Waals surface area (Å²) in [6.45, 7) is 3.20. The summed E-state index contributed by atoms with van der Waals surface area (Å²) in [5.74, 6) is -3.91. The van der Waals surface area contributed by atoms with E-state index in [1.165, 1.54) is 0 Å². The van der Waals surface area contributed by atoms with Crippen molar-refractivity contribution in [1.29, 1.82) is 0 Å². The molecule has 0 saturated heterocycles. The number of nitrogens with zero attached hydrogens (tertiary/aromatic N) is 6. The molecule has 0 spiro atoms. The third-order valence-corrected chi connectivity index (χ3v) is 10.6. The lowest BCUT2D eigenvalue weighted by atomic mass is 9.84. The van der Waals surface area contributed by atoms with E-state index in [2.05, 4.69) is 67.8 Å². The van der Waals surface area contributed by atoms with E-state index in [9.17, 15) is 29.1 Å². The largest absolute Gasteiger partial charge is 0.381 e. The van der Waals surface area contributed by atoms with Crippen LogP contribution in [0, 0.1) is 11.8 Å². The number of nitrogens with one attached hydrogen (secondary N) is 7. The molecule has 2 heterocycles. The fraction of sp³-hybridized carbons (Fsp3) is 0.486. The summed E-state index contributed by atoms with van der Waals surface area (Å²) in [6, 6.07) is 12.6. The Bertz CT molecular complexity index is 1990. The quantitative estimate of drug-likeness (QED) is 0.0686. The molecule has 6 atom stereocenters. The third-order valence-electron chi connectivity index (χ3n) is 10.6. The van der Waals surface area contributed by atoms with Crippen molar-refractivity contribution in [2.75, 3.05) is 11.9 Å². The number of nitrogens with two attached hydrogens (primary N) is 1. The number of aromatic amines is 2. The monoisotopic (exact) mass is 784 g/mol. The summed E-state index contributed by atoms with van der Waals surface area (Å²) in [5.41, 5.74) is 6.44. The Morgan fingerprint density at radius 1 is 0.877 bits per heavy atom. The first kappa shape index (κ1) is 40.5. The number of aliphatic hydroxyl groups excluding tert-OH is 1. The van der Waals surface area contributed by atoms with E-state index >= 15 is 0 Å². The molecule has 2 aromatic heterocycles. The van der Waals surface area contributed by atoms with Crippen LogP contribution < -0.4 is 32.3 Å². The van der Waals surface area contributed by atoms with Crippen LogP contribution in [0.5, 0.6) is 0 Å². The van der Waals surface area contributed by atoms with E-state index in [-0.39, 0.29) is 24.7 Å². The maximum absolute atomic E-state index is 14.5. The molecule has 0 aliphatic heterocycles. The third kappa shape index (κ3) is 10.00. The highest BCUT2D eigenvalue weighted by Gasteiger charge is 2.63. The van der Waals surface area contributed by atoms with Crippen LogP contribution in [0.4, 0.5) is 5.69 Å². The van der Waals surface area contributed by atoms with Gasteiger partial charge < -0.3 is 37.4 Å². The van der Waals surface area contributed by atoms with Gasteiger partial charge in [-0.3, -0.25) is 24.0 Å². The van der Waals surface area contributed by atoms with Gasteiger partial charge >= 0.3 is 0 Å². The first-order valence-electron chi connectivity index (χ1n) is 19.0. The molecular formula is C37H48N14O6. The standard InChI is InChI=1S/C37H48N14O6/c1-20(2)28(42-32(53)26(38)19-39-36(57)31-46-50-51-47-31)34(55)41-27(16-21-10-5-3-6-11-21)33(54)43-37(18-25(37)22-12-7-4-8-13-22)29(52)35(56)40-24-15-9-14-23(17-24)30-44-48-49-45-30/h4,7-9,12-15,17,20-21,25-29,52H,3,5-6,10-11,16,18-19,38H2,1-2H3,(H,39,57)(H,40,56)(H,41,55)(H,42,53)(H,43,54)(H,44,45,48,49)(H,46,47,50,51)/t25-,26-,27-,28-,29-,37?/m0/s1. The Labute approximate surface area is 327 Å². The average molecular weight is 785 g/mol. The lowest BCUT2D eigenvalue weighted by molar-refractivity contribution is -0.135. The fourth-order valence-electron chi connectivity index (χ4n) is 7.35. The number of anilines is 1. The zero-order valence-corrected chi connectivity index (χ0v) is 31.6. The van der Waals surface area contributed by atoms with Crippen LogP contribution in [-0.2, 0) is 19.2 Å². The number of rotatable bonds is 17. The molecule has 20 nitrogen and oxygen atoms in total. The molecule has 5 amide bonds. The first-order valence-corrected chi connectivity index (χ1v) is 19.0. The van der Waals surface area contributed by atoms with Crippen LogP contribution in [0.3, 0.4) is 0 Å². The second kappa shape index (κ2) is 18.2. The predicted octanol–water partition coefficient (Wildman–Crippen LogP) is 0.0750. The number of hydrogen-bond donors (Lipinski definition) is 9. The molecule has 10 N–H and O–H groups in total. The number of tetrazole rings is 2. The summed E-state index contributed by atoms with van der Waals surface area (Å²) in [5, 5.41) is 52.1. The van der Waals surface area contributed by atoms with Crippen molar-refractivity contribution in [1.82, 2.24) is 62.5 Å². The number of benzene rings is 2. The molecule has 2 fully saturated rings. The van der Waals surface area contributed by atoms with Crippen molar-refractivity contribution < 1.29 is 29.1 Å². The molecule has 2 saturated carbocycles. The van der Waals surface area contributed by atoms with E-state index in [0.29, 0.717) is 23.5 Å². The van der Waals surface area contributed by atoms with Gasteiger partial charge in [-0.15, -0.1) is 20.4 Å². The number of aliphatic hydroxyl groups is 1. The van der Waals surface area contributed by atoms with Crippen LogP contribution >= 0.6 is 0 Å². The van der Waals surface area contributed by atoms with Gasteiger partial charge in [-0.25, -0.2) is 0 Å². The molecule has 20 heteroatoms. The molecule has 4 aromatic rings. The van der Waals surface area contributed by atoms with Crippen molar-refractivity contribution in [3.05, 3.63) is 66.0 Å². The van der Waals surface area contributed by atoms with Gasteiger partial charge in [-0.05, 0) is 52.8 Å². The lowest BCUT2D eigenvalue weighted by Gasteiger charge is -2.32. The summed E-state index contributed by atoms with van der Waals surface area (Å²) in [6.07, 6.45) is 3.71. The van der Waals surface area contributed by atoms with Crippen LogP contribution in [0.2, 0.25) is 0 Å². The molecule has 2 aliphatic carbocycles. The number of carbonyl (C=O) groups is 5. The molecule has 302 valence electrons. The van der Waals surface area contributed by atoms with Gasteiger partial charge in [0, 0.05) is 23.7 Å². The highest BCUT2D eigenvalue weighted by Crippen LogP contribution is 2.54. The molecule has 57 heavy (non-hydrogen) atoms. The molecule has 2 aromatic carbocycles. The number of aromatic nitrogens is 8. The van der Waals surface area contributed by atoms with E-state index in [0.717, 1.165) is 37.7 Å². The number of hydrogen-bond acceptors (Lipinski definition) is 13. The molecule has 2 aliphatic rings. The lowest BCUT2D eigenvalue weighted by Crippen LogP contribution is -2.61. The summed E-state index contributed by atoms with van der Waals surface area (Å²) < 4.78 is 0. The predicted molar refractivity (Wildman–Crippen MR) is 203 cm³/mol. The highest BCUT2D eigenvalue weighted by atomic mass is 16.3. The maximum atomic E-state index is 14.5. The average Bonchev–Trinajstić information content (AvgIpc) is 3.57. The Kier molecular flexibility index (Phi) is 12.9. The van der Waals surface area contributed by atoms with Crippen LogP contribution in [-0.4, -0.2) is 112 Å². The van der Waals surface area contributed by atoms with Crippen molar-refractivity contribution >= 4 is 35.2 Å². The second-order valence-corrected chi connectivity index (χ2v) is 15.0. The maximum Gasteiger partial charge on any atom is 0.292 e. The van der Waals surface area contributed by atoms with Gasteiger partial charge in [0.1, 0.15) is 18.1 Å². The van der Waals surface area contributed by atoms with Gasteiger partial charge in [0.2, 0.25) is 23.5 Å². The minimum Gasteiger partial charge on any atom is -0.381 e. The normalized spacial score (nSPS) is 20.1. The van der Waals surface area contributed by atoms with E-state index < -0.39 is 71.1 Å². The zero-order valence-electron chi connectivity index (χ0n) is 31.6. The van der Waals surface area contributed by atoms with Crippen LogP contribution in [0.15, 0.2) is 54.6 Å². The Morgan fingerprint density at radius 3 is 2.30 bits per heavy atom. The van der Waals surface area contributed by atoms with E-state index in [4.69, 9.17) is 5.73 Å². The van der Waals surface area contributed by atoms with Gasteiger partial charge in [-0.1, -0.05) is 88.4 Å². The smallest absolute Gasteiger partial charge is 0.292 e. The summed E-state index contributed by atoms with van der Waals surface area (Å²) in [7, 11) is 0. The molecule has 1 unspecified atom stereocenters. The van der Waals surface area contributed by atoms with Crippen molar-refractivity contribution in [3.63, 3.8) is 0 Å². The molecule has 0 radical (unpaired) electrons. The van der Waals surface area contributed by atoms with Gasteiger partial charge in [0.15, 0.2) is 6.10 Å². The Balaban J connectivity index is 1.18. The van der Waals surface area contributed by atoms with Crippen molar-refractivity contribution in [2.24, 2.45) is 17.6 Å². The summed E-state index contributed by atoms with van der Waals surface area (Å²) in [4.78, 5) is 67.6. The topological polar surface area (TPSA) is 301 Å². The zero-order chi connectivity index (χ0) is 40.5. The first-order chi connectivity index (χ1) is 27.4. The number of carbonyl (C=O) groups excluding carboxylic acids is 5. The molecule has 6 rings (SSSR count). The highest BCUT2D eigenvalue weighted by molar-refractivity contribution is 5.98. The fourth-order valence-corrected chi connectivity index (χ4v) is 7.35. The van der Waals surface area contributed by atoms with Crippen LogP contribution in [0.1, 0.15) is 80.9 Å². The number of amides is 5. The Hall–Kier alpha value is -6.15. The van der Waals surface area contributed by atoms with E-state index in [1.807, 2.05) is 30.3 Å². The SMILES string of the molecule is CC(C)[C@H](NC(=O)[C@@H](N)CNC(=O)c1nn[nH]n1)C(=O)N[C@@H](CC1CCCCC1)C(=O)NC1([C@@H](O)C(=O)Nc2cccc(-c3nn[nH]n3)c2)C[C@H]1c1ccccc1. The van der Waals surface area contributed by atoms with Gasteiger partial charge in [-0.2, -0.15) is 10.4 Å². The van der Waals surface area contributed by atoms with Crippen LogP contribution in [0.25, 0.3) is 11.4 Å². The minimum atomic E-state index is -1.68. The Morgan fingerprint density at radius 2 is 1.61 bits per heavy atom. The second-order valence-electron chi connectivity index (χ2n) is 15.0. The van der Waals surface area contributed by atoms with E-state index in [1.54, 1.807) is 38.1 Å². The van der Waals surface area contributed by atoms with Gasteiger partial charge in [0.25, 0.3) is 17.6 Å².